The van der Waals surface area contributed by atoms with Crippen molar-refractivity contribution in [3.05, 3.63) is 12.1 Å². The highest BCUT2D eigenvalue weighted by molar-refractivity contribution is 5.73. The zero-order valence-electron chi connectivity index (χ0n) is 12.1. The first-order valence-corrected chi connectivity index (χ1v) is 7.14. The highest BCUT2D eigenvalue weighted by Gasteiger charge is 2.37. The van der Waals surface area contributed by atoms with Crippen LogP contribution in [-0.2, 0) is 4.74 Å². The monoisotopic (exact) mass is 278 g/mol. The highest BCUT2D eigenvalue weighted by Crippen LogP contribution is 2.41. The molecule has 5 nitrogen and oxygen atoms in total. The lowest BCUT2D eigenvalue weighted by atomic mass is 10.1. The van der Waals surface area contributed by atoms with Crippen LogP contribution in [0.1, 0.15) is 19.3 Å². The van der Waals surface area contributed by atoms with Gasteiger partial charge in [-0.15, -0.1) is 0 Å². The van der Waals surface area contributed by atoms with E-state index in [1.807, 2.05) is 12.1 Å². The number of nitrogens with two attached hydrogens (primary N) is 1. The van der Waals surface area contributed by atoms with Crippen LogP contribution in [0.3, 0.4) is 0 Å². The SMILES string of the molecule is COc1cc(N)c(N2CCOC3CCCC32)cc1OC. The molecule has 1 saturated heterocycles. The summed E-state index contributed by atoms with van der Waals surface area (Å²) in [7, 11) is 3.27. The molecule has 0 spiro atoms. The Hall–Kier alpha value is -1.62. The summed E-state index contributed by atoms with van der Waals surface area (Å²) in [4.78, 5) is 2.37. The molecule has 0 bridgehead atoms. The molecule has 0 amide bonds. The molecule has 1 aromatic rings. The number of anilines is 2. The van der Waals surface area contributed by atoms with Gasteiger partial charge in [0.15, 0.2) is 11.5 Å². The molecule has 110 valence electrons. The number of nitrogens with zero attached hydrogens (tertiary/aromatic N) is 1. The van der Waals surface area contributed by atoms with E-state index >= 15 is 0 Å². The van der Waals surface area contributed by atoms with Gasteiger partial charge in [0.05, 0.1) is 44.3 Å². The summed E-state index contributed by atoms with van der Waals surface area (Å²) in [5, 5.41) is 0. The van der Waals surface area contributed by atoms with Crippen molar-refractivity contribution in [2.45, 2.75) is 31.4 Å². The molecule has 2 aliphatic rings. The first kappa shape index (κ1) is 13.4. The molecule has 2 atom stereocenters. The van der Waals surface area contributed by atoms with Crippen molar-refractivity contribution < 1.29 is 14.2 Å². The van der Waals surface area contributed by atoms with Crippen molar-refractivity contribution in [2.75, 3.05) is 38.0 Å². The van der Waals surface area contributed by atoms with Crippen molar-refractivity contribution in [3.63, 3.8) is 0 Å². The average Bonchev–Trinajstić information content (AvgIpc) is 2.95. The Morgan fingerprint density at radius 3 is 2.70 bits per heavy atom. The van der Waals surface area contributed by atoms with Gasteiger partial charge >= 0.3 is 0 Å². The van der Waals surface area contributed by atoms with Crippen LogP contribution in [0, 0.1) is 0 Å². The summed E-state index contributed by atoms with van der Waals surface area (Å²) < 4.78 is 16.5. The van der Waals surface area contributed by atoms with Crippen molar-refractivity contribution in [3.8, 4) is 11.5 Å². The molecule has 2 unspecified atom stereocenters. The summed E-state index contributed by atoms with van der Waals surface area (Å²) in [5.74, 6) is 1.39. The van der Waals surface area contributed by atoms with Gasteiger partial charge in [-0.2, -0.15) is 0 Å². The molecule has 3 rings (SSSR count). The third-order valence-corrected chi connectivity index (χ3v) is 4.32. The van der Waals surface area contributed by atoms with E-state index in [-0.39, 0.29) is 0 Å². The molecule has 2 fully saturated rings. The number of ether oxygens (including phenoxy) is 3. The molecule has 20 heavy (non-hydrogen) atoms. The number of nitrogen functional groups attached to an aromatic ring is 1. The molecule has 1 saturated carbocycles. The Morgan fingerprint density at radius 1 is 1.20 bits per heavy atom. The van der Waals surface area contributed by atoms with E-state index in [0.29, 0.717) is 17.9 Å². The van der Waals surface area contributed by atoms with Crippen LogP contribution < -0.4 is 20.1 Å². The van der Waals surface area contributed by atoms with E-state index in [0.717, 1.165) is 36.7 Å². The number of hydrogen-bond donors (Lipinski definition) is 1. The van der Waals surface area contributed by atoms with Crippen LogP contribution >= 0.6 is 0 Å². The van der Waals surface area contributed by atoms with Crippen molar-refractivity contribution in [1.29, 1.82) is 0 Å². The molecule has 1 aromatic carbocycles. The Labute approximate surface area is 119 Å². The standard InChI is InChI=1S/C15H22N2O3/c1-18-14-8-10(16)12(9-15(14)19-2)17-6-7-20-13-5-3-4-11(13)17/h8-9,11,13H,3-7,16H2,1-2H3. The summed E-state index contributed by atoms with van der Waals surface area (Å²) in [6.45, 7) is 1.63. The molecule has 2 N–H and O–H groups in total. The number of morpholine rings is 1. The Kier molecular flexibility index (Phi) is 3.61. The van der Waals surface area contributed by atoms with E-state index in [1.165, 1.54) is 12.8 Å². The second-order valence-electron chi connectivity index (χ2n) is 5.37. The number of methoxy groups -OCH3 is 2. The third kappa shape index (κ3) is 2.16. The normalized spacial score (nSPS) is 25.4. The van der Waals surface area contributed by atoms with E-state index in [2.05, 4.69) is 4.90 Å². The minimum Gasteiger partial charge on any atom is -0.493 e. The van der Waals surface area contributed by atoms with Crippen LogP contribution in [0.2, 0.25) is 0 Å². The number of fused-ring (bicyclic) bond motifs is 1. The lowest BCUT2D eigenvalue weighted by Crippen LogP contribution is -2.48. The van der Waals surface area contributed by atoms with Crippen LogP contribution in [0.15, 0.2) is 12.1 Å². The van der Waals surface area contributed by atoms with E-state index in [9.17, 15) is 0 Å². The second-order valence-corrected chi connectivity index (χ2v) is 5.37. The fraction of sp³-hybridized carbons (Fsp3) is 0.600. The van der Waals surface area contributed by atoms with Crippen LogP contribution in [-0.4, -0.2) is 39.5 Å². The van der Waals surface area contributed by atoms with Crippen molar-refractivity contribution >= 4 is 11.4 Å². The van der Waals surface area contributed by atoms with Gasteiger partial charge in [0.2, 0.25) is 0 Å². The maximum Gasteiger partial charge on any atom is 0.162 e. The summed E-state index contributed by atoms with van der Waals surface area (Å²) in [6, 6.07) is 4.26. The second kappa shape index (κ2) is 5.40. The van der Waals surface area contributed by atoms with Gasteiger partial charge in [0.1, 0.15) is 0 Å². The first-order valence-electron chi connectivity index (χ1n) is 7.14. The van der Waals surface area contributed by atoms with Crippen LogP contribution in [0.4, 0.5) is 11.4 Å². The number of rotatable bonds is 3. The molecule has 0 radical (unpaired) electrons. The zero-order chi connectivity index (χ0) is 14.1. The predicted octanol–water partition coefficient (Wildman–Crippen LogP) is 2.04. The Balaban J connectivity index is 1.96. The first-order chi connectivity index (χ1) is 9.74. The lowest BCUT2D eigenvalue weighted by molar-refractivity contribution is 0.0257. The highest BCUT2D eigenvalue weighted by atomic mass is 16.5. The van der Waals surface area contributed by atoms with Gasteiger partial charge in [-0.25, -0.2) is 0 Å². The van der Waals surface area contributed by atoms with Crippen molar-refractivity contribution in [1.82, 2.24) is 0 Å². The number of hydrogen-bond acceptors (Lipinski definition) is 5. The molecule has 5 heteroatoms. The van der Waals surface area contributed by atoms with Gasteiger partial charge in [-0.3, -0.25) is 0 Å². The largest absolute Gasteiger partial charge is 0.493 e. The quantitative estimate of drug-likeness (QED) is 0.858. The van der Waals surface area contributed by atoms with Crippen LogP contribution in [0.25, 0.3) is 0 Å². The Bertz CT molecular complexity index is 492. The predicted molar refractivity (Wildman–Crippen MR) is 78.7 cm³/mol. The fourth-order valence-electron chi connectivity index (χ4n) is 3.36. The summed E-state index contributed by atoms with van der Waals surface area (Å²) in [5.41, 5.74) is 7.98. The van der Waals surface area contributed by atoms with Gasteiger partial charge in [0, 0.05) is 18.7 Å². The molecule has 1 aliphatic carbocycles. The topological polar surface area (TPSA) is 57.0 Å². The number of benzene rings is 1. The van der Waals surface area contributed by atoms with Gasteiger partial charge in [-0.05, 0) is 19.3 Å². The molecule has 1 heterocycles. The van der Waals surface area contributed by atoms with Gasteiger partial charge in [-0.1, -0.05) is 0 Å². The summed E-state index contributed by atoms with van der Waals surface area (Å²) in [6.07, 6.45) is 3.88. The van der Waals surface area contributed by atoms with E-state index < -0.39 is 0 Å². The van der Waals surface area contributed by atoms with Crippen molar-refractivity contribution in [2.24, 2.45) is 0 Å². The zero-order valence-corrected chi connectivity index (χ0v) is 12.1. The van der Waals surface area contributed by atoms with Crippen LogP contribution in [0.5, 0.6) is 11.5 Å². The fourth-order valence-corrected chi connectivity index (χ4v) is 3.36. The molecular formula is C15H22N2O3. The maximum atomic E-state index is 6.22. The van der Waals surface area contributed by atoms with Gasteiger partial charge < -0.3 is 24.8 Å². The van der Waals surface area contributed by atoms with E-state index in [4.69, 9.17) is 19.9 Å². The average molecular weight is 278 g/mol. The minimum absolute atomic E-state index is 0.344. The summed E-state index contributed by atoms with van der Waals surface area (Å²) >= 11 is 0. The lowest BCUT2D eigenvalue weighted by Gasteiger charge is -2.40. The molecular weight excluding hydrogens is 256 g/mol. The van der Waals surface area contributed by atoms with E-state index in [1.54, 1.807) is 14.2 Å². The Morgan fingerprint density at radius 2 is 1.95 bits per heavy atom. The minimum atomic E-state index is 0.344. The third-order valence-electron chi connectivity index (χ3n) is 4.32. The molecule has 0 aromatic heterocycles. The maximum absolute atomic E-state index is 6.22. The molecule has 1 aliphatic heterocycles. The smallest absolute Gasteiger partial charge is 0.162 e. The van der Waals surface area contributed by atoms with Gasteiger partial charge in [0.25, 0.3) is 0 Å².